The highest BCUT2D eigenvalue weighted by atomic mass is 35.5. The Morgan fingerprint density at radius 3 is 2.71 bits per heavy atom. The summed E-state index contributed by atoms with van der Waals surface area (Å²) in [6.07, 6.45) is 4.15. The van der Waals surface area contributed by atoms with Crippen molar-refractivity contribution >= 4 is 11.6 Å². The van der Waals surface area contributed by atoms with Gasteiger partial charge < -0.3 is 10.1 Å². The number of likely N-dealkylation sites (N-methyl/N-ethyl adjacent to an activating group) is 1. The number of benzene rings is 1. The Morgan fingerprint density at radius 2 is 2.18 bits per heavy atom. The zero-order valence-corrected chi connectivity index (χ0v) is 11.2. The molecule has 0 radical (unpaired) electrons. The number of rotatable bonds is 5. The molecule has 1 fully saturated rings. The minimum atomic E-state index is 0.170. The Labute approximate surface area is 108 Å². The Morgan fingerprint density at radius 1 is 1.41 bits per heavy atom. The molecule has 0 aliphatic heterocycles. The van der Waals surface area contributed by atoms with E-state index in [1.54, 1.807) is 0 Å². The van der Waals surface area contributed by atoms with E-state index in [4.69, 9.17) is 16.3 Å². The Hall–Kier alpha value is -0.730. The number of hydrogen-bond donors (Lipinski definition) is 1. The van der Waals surface area contributed by atoms with Crippen molar-refractivity contribution in [2.45, 2.75) is 38.3 Å². The summed E-state index contributed by atoms with van der Waals surface area (Å²) in [5, 5.41) is 4.10. The quantitative estimate of drug-likeness (QED) is 0.867. The summed E-state index contributed by atoms with van der Waals surface area (Å²) < 4.78 is 5.96. The van der Waals surface area contributed by atoms with E-state index in [0.717, 1.165) is 16.7 Å². The van der Waals surface area contributed by atoms with Gasteiger partial charge in [0, 0.05) is 11.1 Å². The van der Waals surface area contributed by atoms with Gasteiger partial charge in [0.05, 0.1) is 0 Å². The minimum Gasteiger partial charge on any atom is -0.489 e. The number of halogens is 1. The topological polar surface area (TPSA) is 21.3 Å². The van der Waals surface area contributed by atoms with E-state index in [9.17, 15) is 0 Å². The third kappa shape index (κ3) is 3.14. The predicted octanol–water partition coefficient (Wildman–Crippen LogP) is 3.50. The average molecular weight is 254 g/mol. The van der Waals surface area contributed by atoms with Gasteiger partial charge in [0.2, 0.25) is 0 Å². The van der Waals surface area contributed by atoms with Crippen LogP contribution in [0.4, 0.5) is 0 Å². The molecule has 1 aliphatic carbocycles. The van der Waals surface area contributed by atoms with Crippen molar-refractivity contribution in [1.29, 1.82) is 0 Å². The fraction of sp³-hybridized carbons (Fsp3) is 0.571. The number of nitrogens with one attached hydrogen (secondary N) is 1. The fourth-order valence-electron chi connectivity index (χ4n) is 2.48. The standard InChI is InChI=1S/C14H20ClNO/c1-10(14(16-2)11-5-3-6-11)17-13-8-4-7-12(15)9-13/h4,7-11,14,16H,3,5-6H2,1-2H3. The largest absolute Gasteiger partial charge is 0.489 e. The molecule has 2 rings (SSSR count). The van der Waals surface area contributed by atoms with Crippen LogP contribution in [-0.4, -0.2) is 19.2 Å². The van der Waals surface area contributed by atoms with Gasteiger partial charge >= 0.3 is 0 Å². The molecule has 1 aliphatic rings. The summed E-state index contributed by atoms with van der Waals surface area (Å²) in [7, 11) is 2.01. The van der Waals surface area contributed by atoms with E-state index < -0.39 is 0 Å². The van der Waals surface area contributed by atoms with Gasteiger partial charge in [-0.25, -0.2) is 0 Å². The first-order valence-electron chi connectivity index (χ1n) is 6.30. The van der Waals surface area contributed by atoms with Crippen LogP contribution in [0.25, 0.3) is 0 Å². The molecule has 0 aromatic heterocycles. The molecule has 0 bridgehead atoms. The molecule has 0 amide bonds. The van der Waals surface area contributed by atoms with Crippen molar-refractivity contribution in [2.75, 3.05) is 7.05 Å². The Bertz CT molecular complexity index is 365. The maximum Gasteiger partial charge on any atom is 0.121 e. The molecule has 1 aromatic rings. The summed E-state index contributed by atoms with van der Waals surface area (Å²) >= 11 is 5.95. The predicted molar refractivity (Wildman–Crippen MR) is 71.7 cm³/mol. The maximum absolute atomic E-state index is 5.96. The number of hydrogen-bond acceptors (Lipinski definition) is 2. The first-order chi connectivity index (χ1) is 8.20. The second-order valence-electron chi connectivity index (χ2n) is 4.79. The molecule has 2 atom stereocenters. The lowest BCUT2D eigenvalue weighted by Gasteiger charge is -2.37. The third-order valence-electron chi connectivity index (χ3n) is 3.61. The van der Waals surface area contributed by atoms with E-state index in [2.05, 4.69) is 12.2 Å². The summed E-state index contributed by atoms with van der Waals surface area (Å²) in [4.78, 5) is 0. The lowest BCUT2D eigenvalue weighted by molar-refractivity contribution is 0.105. The zero-order chi connectivity index (χ0) is 12.3. The van der Waals surface area contributed by atoms with Gasteiger partial charge in [-0.2, -0.15) is 0 Å². The highest BCUT2D eigenvalue weighted by Gasteiger charge is 2.31. The molecule has 0 spiro atoms. The Balaban J connectivity index is 1.96. The lowest BCUT2D eigenvalue weighted by Crippen LogP contribution is -2.47. The Kier molecular flexibility index (Phi) is 4.30. The molecule has 0 saturated heterocycles. The normalized spacial score (nSPS) is 19.5. The van der Waals surface area contributed by atoms with E-state index in [-0.39, 0.29) is 6.10 Å². The van der Waals surface area contributed by atoms with Crippen LogP contribution < -0.4 is 10.1 Å². The molecule has 1 N–H and O–H groups in total. The van der Waals surface area contributed by atoms with Crippen molar-refractivity contribution in [2.24, 2.45) is 5.92 Å². The first kappa shape index (κ1) is 12.7. The van der Waals surface area contributed by atoms with Crippen molar-refractivity contribution in [3.63, 3.8) is 0 Å². The molecule has 2 unspecified atom stereocenters. The van der Waals surface area contributed by atoms with Crippen molar-refractivity contribution in [3.8, 4) is 5.75 Å². The highest BCUT2D eigenvalue weighted by Crippen LogP contribution is 2.32. The van der Waals surface area contributed by atoms with Crippen LogP contribution in [0, 0.1) is 5.92 Å². The summed E-state index contributed by atoms with van der Waals surface area (Å²) in [6, 6.07) is 8.03. The van der Waals surface area contributed by atoms with E-state index in [1.165, 1.54) is 19.3 Å². The van der Waals surface area contributed by atoms with E-state index in [0.29, 0.717) is 6.04 Å². The molecule has 3 heteroatoms. The van der Waals surface area contributed by atoms with Crippen LogP contribution in [0.1, 0.15) is 26.2 Å². The van der Waals surface area contributed by atoms with Crippen molar-refractivity contribution in [1.82, 2.24) is 5.32 Å². The minimum absolute atomic E-state index is 0.170. The van der Waals surface area contributed by atoms with Gasteiger partial charge in [-0.05, 0) is 50.9 Å². The molecule has 1 aromatic carbocycles. The number of ether oxygens (including phenoxy) is 1. The summed E-state index contributed by atoms with van der Waals surface area (Å²) in [5.41, 5.74) is 0. The van der Waals surface area contributed by atoms with Crippen LogP contribution in [0.5, 0.6) is 5.75 Å². The molecular weight excluding hydrogens is 234 g/mol. The summed E-state index contributed by atoms with van der Waals surface area (Å²) in [6.45, 7) is 2.13. The smallest absolute Gasteiger partial charge is 0.121 e. The van der Waals surface area contributed by atoms with Gasteiger partial charge in [-0.1, -0.05) is 24.1 Å². The highest BCUT2D eigenvalue weighted by molar-refractivity contribution is 6.30. The van der Waals surface area contributed by atoms with Gasteiger partial charge in [-0.3, -0.25) is 0 Å². The zero-order valence-electron chi connectivity index (χ0n) is 10.4. The molecule has 0 heterocycles. The lowest BCUT2D eigenvalue weighted by atomic mass is 9.78. The SMILES string of the molecule is CNC(C1CCC1)C(C)Oc1cccc(Cl)c1. The van der Waals surface area contributed by atoms with E-state index in [1.807, 2.05) is 31.3 Å². The van der Waals surface area contributed by atoms with Crippen molar-refractivity contribution in [3.05, 3.63) is 29.3 Å². The van der Waals surface area contributed by atoms with E-state index >= 15 is 0 Å². The van der Waals surface area contributed by atoms with Gasteiger partial charge in [0.1, 0.15) is 11.9 Å². The van der Waals surface area contributed by atoms with Crippen LogP contribution in [0.3, 0.4) is 0 Å². The van der Waals surface area contributed by atoms with Gasteiger partial charge in [0.15, 0.2) is 0 Å². The maximum atomic E-state index is 5.96. The second-order valence-corrected chi connectivity index (χ2v) is 5.22. The van der Waals surface area contributed by atoms with Crippen LogP contribution in [0.15, 0.2) is 24.3 Å². The molecular formula is C14H20ClNO. The van der Waals surface area contributed by atoms with Crippen LogP contribution in [0.2, 0.25) is 5.02 Å². The molecule has 2 nitrogen and oxygen atoms in total. The molecule has 17 heavy (non-hydrogen) atoms. The third-order valence-corrected chi connectivity index (χ3v) is 3.85. The van der Waals surface area contributed by atoms with Crippen molar-refractivity contribution < 1.29 is 4.74 Å². The van der Waals surface area contributed by atoms with Gasteiger partial charge in [-0.15, -0.1) is 0 Å². The fourth-order valence-corrected chi connectivity index (χ4v) is 2.66. The van der Waals surface area contributed by atoms with Crippen LogP contribution >= 0.6 is 11.6 Å². The summed E-state index contributed by atoms with van der Waals surface area (Å²) in [5.74, 6) is 1.61. The first-order valence-corrected chi connectivity index (χ1v) is 6.68. The molecule has 1 saturated carbocycles. The van der Waals surface area contributed by atoms with Crippen LogP contribution in [-0.2, 0) is 0 Å². The monoisotopic (exact) mass is 253 g/mol. The average Bonchev–Trinajstić information content (AvgIpc) is 2.22. The second kappa shape index (κ2) is 5.74. The molecule has 94 valence electrons. The van der Waals surface area contributed by atoms with Gasteiger partial charge in [0.25, 0.3) is 0 Å².